The first-order valence-corrected chi connectivity index (χ1v) is 4.86. The first kappa shape index (κ1) is 12.5. The largest absolute Gasteiger partial charge is 0.393 e. The third kappa shape index (κ3) is 3.84. The number of nitro benzene ring substituents is 1. The minimum atomic E-state index is -0.521. The molecule has 88 valence electrons. The number of anilines is 1. The van der Waals surface area contributed by atoms with Gasteiger partial charge in [-0.2, -0.15) is 0 Å². The second kappa shape index (κ2) is 6.14. The lowest BCUT2D eigenvalue weighted by atomic mass is 10.1. The maximum atomic E-state index is 10.6. The Morgan fingerprint density at radius 1 is 1.59 bits per heavy atom. The molecule has 0 bridgehead atoms. The Kier molecular flexibility index (Phi) is 4.53. The van der Waals surface area contributed by atoms with Gasteiger partial charge in [0.1, 0.15) is 5.69 Å². The van der Waals surface area contributed by atoms with Crippen LogP contribution in [0.25, 0.3) is 16.5 Å². The van der Waals surface area contributed by atoms with Gasteiger partial charge in [-0.1, -0.05) is 23.3 Å². The van der Waals surface area contributed by atoms with Crippen LogP contribution in [0.1, 0.15) is 12.0 Å². The number of nitrogens with two attached hydrogens (primary N) is 1. The van der Waals surface area contributed by atoms with Crippen molar-refractivity contribution in [2.24, 2.45) is 5.11 Å². The molecule has 0 aliphatic carbocycles. The third-order valence-corrected chi connectivity index (χ3v) is 2.02. The quantitative estimate of drug-likeness (QED) is 0.160. The smallest absolute Gasteiger partial charge is 0.292 e. The second-order valence-corrected chi connectivity index (χ2v) is 3.22. The zero-order valence-corrected chi connectivity index (χ0v) is 8.98. The lowest BCUT2D eigenvalue weighted by Gasteiger charge is -1.98. The lowest BCUT2D eigenvalue weighted by molar-refractivity contribution is -0.383. The number of benzene rings is 1. The molecule has 7 heteroatoms. The number of hydrogen-bond acceptors (Lipinski definition) is 4. The fourth-order valence-corrected chi connectivity index (χ4v) is 1.22. The molecule has 17 heavy (non-hydrogen) atoms. The molecule has 0 saturated heterocycles. The average molecular weight is 233 g/mol. The predicted molar refractivity (Wildman–Crippen MR) is 65.2 cm³/mol. The van der Waals surface area contributed by atoms with Gasteiger partial charge in [0.2, 0.25) is 0 Å². The van der Waals surface area contributed by atoms with E-state index in [4.69, 9.17) is 11.3 Å². The summed E-state index contributed by atoms with van der Waals surface area (Å²) in [6, 6.07) is 4.58. The highest BCUT2D eigenvalue weighted by molar-refractivity contribution is 5.64. The molecule has 0 unspecified atom stereocenters. The summed E-state index contributed by atoms with van der Waals surface area (Å²) < 4.78 is 0. The molecule has 0 amide bonds. The van der Waals surface area contributed by atoms with Gasteiger partial charge < -0.3 is 5.73 Å². The van der Waals surface area contributed by atoms with Gasteiger partial charge >= 0.3 is 0 Å². The van der Waals surface area contributed by atoms with E-state index in [9.17, 15) is 10.1 Å². The Hall–Kier alpha value is -2.53. The molecule has 1 aromatic rings. The standard InChI is InChI=1S/C10H11N5O2/c11-9-5-4-8(7-10(9)15(16)17)3-1-2-6-13-14-12/h1,3-5,7H,2,6,11H2. The van der Waals surface area contributed by atoms with Crippen LogP contribution >= 0.6 is 0 Å². The van der Waals surface area contributed by atoms with Gasteiger partial charge in [0.25, 0.3) is 5.69 Å². The molecule has 0 atom stereocenters. The van der Waals surface area contributed by atoms with E-state index >= 15 is 0 Å². The summed E-state index contributed by atoms with van der Waals surface area (Å²) in [5, 5.41) is 14.0. The zero-order chi connectivity index (χ0) is 12.7. The fourth-order valence-electron chi connectivity index (χ4n) is 1.22. The Labute approximate surface area is 97.3 Å². The van der Waals surface area contributed by atoms with Crippen LogP contribution in [0, 0.1) is 10.1 Å². The van der Waals surface area contributed by atoms with Crippen molar-refractivity contribution in [3.63, 3.8) is 0 Å². The maximum absolute atomic E-state index is 10.6. The van der Waals surface area contributed by atoms with Gasteiger partial charge in [-0.15, -0.1) is 0 Å². The molecule has 2 N–H and O–H groups in total. The molecular formula is C10H11N5O2. The topological polar surface area (TPSA) is 118 Å². The van der Waals surface area contributed by atoms with Crippen molar-refractivity contribution in [3.05, 3.63) is 50.4 Å². The van der Waals surface area contributed by atoms with Crippen molar-refractivity contribution in [3.8, 4) is 0 Å². The maximum Gasteiger partial charge on any atom is 0.292 e. The van der Waals surface area contributed by atoms with E-state index in [2.05, 4.69) is 10.0 Å². The molecule has 0 radical (unpaired) electrons. The van der Waals surface area contributed by atoms with Crippen LogP contribution in [-0.2, 0) is 0 Å². The van der Waals surface area contributed by atoms with Crippen molar-refractivity contribution >= 4 is 17.5 Å². The molecule has 0 aromatic heterocycles. The molecule has 1 rings (SSSR count). The fraction of sp³-hybridized carbons (Fsp3) is 0.200. The van der Waals surface area contributed by atoms with Crippen LogP contribution in [0.5, 0.6) is 0 Å². The van der Waals surface area contributed by atoms with Crippen molar-refractivity contribution in [1.82, 2.24) is 0 Å². The van der Waals surface area contributed by atoms with Crippen LogP contribution in [-0.4, -0.2) is 11.5 Å². The van der Waals surface area contributed by atoms with Crippen molar-refractivity contribution < 1.29 is 4.92 Å². The van der Waals surface area contributed by atoms with E-state index in [-0.39, 0.29) is 11.4 Å². The number of rotatable bonds is 5. The monoisotopic (exact) mass is 233 g/mol. The van der Waals surface area contributed by atoms with Crippen LogP contribution in [0.4, 0.5) is 11.4 Å². The second-order valence-electron chi connectivity index (χ2n) is 3.22. The van der Waals surface area contributed by atoms with Gasteiger partial charge in [0.15, 0.2) is 0 Å². The summed E-state index contributed by atoms with van der Waals surface area (Å²) in [4.78, 5) is 12.7. The highest BCUT2D eigenvalue weighted by Gasteiger charge is 2.10. The number of azide groups is 1. The number of nitrogens with zero attached hydrogens (tertiary/aromatic N) is 4. The van der Waals surface area contributed by atoms with E-state index in [1.807, 2.05) is 0 Å². The Bertz CT molecular complexity index is 491. The van der Waals surface area contributed by atoms with Crippen LogP contribution in [0.3, 0.4) is 0 Å². The predicted octanol–water partition coefficient (Wildman–Crippen LogP) is 2.89. The summed E-state index contributed by atoms with van der Waals surface area (Å²) in [5.41, 5.74) is 14.2. The number of nitrogen functional groups attached to an aromatic ring is 1. The highest BCUT2D eigenvalue weighted by atomic mass is 16.6. The average Bonchev–Trinajstić information content (AvgIpc) is 2.30. The Morgan fingerprint density at radius 3 is 3.00 bits per heavy atom. The van der Waals surface area contributed by atoms with E-state index in [1.54, 1.807) is 18.2 Å². The summed E-state index contributed by atoms with van der Waals surface area (Å²) in [6.45, 7) is 0.365. The van der Waals surface area contributed by atoms with E-state index in [0.717, 1.165) is 0 Å². The summed E-state index contributed by atoms with van der Waals surface area (Å²) in [6.07, 6.45) is 4.09. The van der Waals surface area contributed by atoms with Gasteiger partial charge in [0.05, 0.1) is 4.92 Å². The molecular weight excluding hydrogens is 222 g/mol. The molecule has 0 aliphatic rings. The molecule has 0 saturated carbocycles. The minimum Gasteiger partial charge on any atom is -0.393 e. The number of nitro groups is 1. The SMILES string of the molecule is [N-]=[N+]=NCCC=Cc1ccc(N)c([N+](=O)[O-])c1. The third-order valence-electron chi connectivity index (χ3n) is 2.02. The van der Waals surface area contributed by atoms with Crippen LogP contribution in [0.2, 0.25) is 0 Å². The lowest BCUT2D eigenvalue weighted by Crippen LogP contribution is -1.95. The molecule has 1 aromatic carbocycles. The van der Waals surface area contributed by atoms with E-state index < -0.39 is 4.92 Å². The van der Waals surface area contributed by atoms with Gasteiger partial charge in [0, 0.05) is 17.5 Å². The van der Waals surface area contributed by atoms with Crippen molar-refractivity contribution in [2.45, 2.75) is 6.42 Å². The first-order valence-electron chi connectivity index (χ1n) is 4.86. The van der Waals surface area contributed by atoms with Gasteiger partial charge in [-0.25, -0.2) is 0 Å². The summed E-state index contributed by atoms with van der Waals surface area (Å²) >= 11 is 0. The van der Waals surface area contributed by atoms with E-state index in [1.165, 1.54) is 12.1 Å². The van der Waals surface area contributed by atoms with E-state index in [0.29, 0.717) is 18.5 Å². The minimum absolute atomic E-state index is 0.109. The van der Waals surface area contributed by atoms with Crippen LogP contribution < -0.4 is 5.73 Å². The first-order chi connectivity index (χ1) is 8.15. The van der Waals surface area contributed by atoms with Crippen molar-refractivity contribution in [2.75, 3.05) is 12.3 Å². The summed E-state index contributed by atoms with van der Waals surface area (Å²) in [5.74, 6) is 0. The summed E-state index contributed by atoms with van der Waals surface area (Å²) in [7, 11) is 0. The molecule has 0 fully saturated rings. The van der Waals surface area contributed by atoms with Gasteiger partial charge in [-0.3, -0.25) is 10.1 Å². The Morgan fingerprint density at radius 2 is 2.35 bits per heavy atom. The number of hydrogen-bond donors (Lipinski definition) is 1. The normalized spacial score (nSPS) is 10.1. The molecule has 7 nitrogen and oxygen atoms in total. The molecule has 0 aliphatic heterocycles. The highest BCUT2D eigenvalue weighted by Crippen LogP contribution is 2.22. The van der Waals surface area contributed by atoms with Crippen molar-refractivity contribution in [1.29, 1.82) is 0 Å². The van der Waals surface area contributed by atoms with Gasteiger partial charge in [-0.05, 0) is 23.6 Å². The zero-order valence-electron chi connectivity index (χ0n) is 8.98. The molecule has 0 spiro atoms. The Balaban J connectivity index is 2.75. The van der Waals surface area contributed by atoms with Crippen LogP contribution in [0.15, 0.2) is 29.4 Å². The molecule has 0 heterocycles.